The van der Waals surface area contributed by atoms with E-state index in [0.29, 0.717) is 0 Å². The van der Waals surface area contributed by atoms with Crippen molar-refractivity contribution in [2.24, 2.45) is 4.99 Å². The zero-order valence-electron chi connectivity index (χ0n) is 9.99. The molecule has 15 heavy (non-hydrogen) atoms. The van der Waals surface area contributed by atoms with Crippen LogP contribution in [0.25, 0.3) is 0 Å². The summed E-state index contributed by atoms with van der Waals surface area (Å²) in [5.74, 6) is 1.47. The lowest BCUT2D eigenvalue weighted by molar-refractivity contribution is -0.126. The quantitative estimate of drug-likeness (QED) is 0.599. The van der Waals surface area contributed by atoms with Gasteiger partial charge in [0.25, 0.3) is 0 Å². The summed E-state index contributed by atoms with van der Waals surface area (Å²) in [5, 5.41) is 0. The SMILES string of the molecule is C1CN=C2CCCN2C1.CC(=O)N(C)C. The number of carbonyl (C=O) groups is 1. The summed E-state index contributed by atoms with van der Waals surface area (Å²) in [6.45, 7) is 5.13. The molecule has 0 bridgehead atoms. The zero-order chi connectivity index (χ0) is 11.3. The normalized spacial score (nSPS) is 18.6. The van der Waals surface area contributed by atoms with Crippen molar-refractivity contribution < 1.29 is 4.79 Å². The standard InChI is InChI=1S/C7H12N2.C4H9NO/c1-3-7-8-4-2-6-9(7)5-1;1-4(6)5(2)3/h1-6H2;1-3H3. The minimum Gasteiger partial charge on any atom is -0.360 e. The second-order valence-corrected chi connectivity index (χ2v) is 4.16. The fraction of sp³-hybridized carbons (Fsp3) is 0.818. The van der Waals surface area contributed by atoms with Crippen LogP contribution in [0.4, 0.5) is 0 Å². The van der Waals surface area contributed by atoms with Gasteiger partial charge >= 0.3 is 0 Å². The van der Waals surface area contributed by atoms with Crippen molar-refractivity contribution in [1.82, 2.24) is 9.80 Å². The molecule has 0 unspecified atom stereocenters. The molecule has 0 aromatic carbocycles. The highest BCUT2D eigenvalue weighted by molar-refractivity contribution is 5.84. The predicted octanol–water partition coefficient (Wildman–Crippen LogP) is 0.979. The second kappa shape index (κ2) is 5.73. The lowest BCUT2D eigenvalue weighted by atomic mass is 10.3. The highest BCUT2D eigenvalue weighted by atomic mass is 16.2. The summed E-state index contributed by atoms with van der Waals surface area (Å²) in [5.41, 5.74) is 0. The van der Waals surface area contributed by atoms with Crippen LogP contribution in [-0.2, 0) is 4.79 Å². The predicted molar refractivity (Wildman–Crippen MR) is 62.1 cm³/mol. The third kappa shape index (κ3) is 3.90. The van der Waals surface area contributed by atoms with E-state index in [2.05, 4.69) is 9.89 Å². The minimum atomic E-state index is 0.0926. The minimum absolute atomic E-state index is 0.0926. The Morgan fingerprint density at radius 3 is 2.47 bits per heavy atom. The van der Waals surface area contributed by atoms with Crippen molar-refractivity contribution in [3.63, 3.8) is 0 Å². The van der Waals surface area contributed by atoms with Crippen LogP contribution in [0.1, 0.15) is 26.2 Å². The van der Waals surface area contributed by atoms with Crippen molar-refractivity contribution in [2.45, 2.75) is 26.2 Å². The van der Waals surface area contributed by atoms with Crippen LogP contribution in [0.5, 0.6) is 0 Å². The number of amides is 1. The van der Waals surface area contributed by atoms with Crippen molar-refractivity contribution in [3.8, 4) is 0 Å². The summed E-state index contributed by atoms with van der Waals surface area (Å²) in [6.07, 6.45) is 3.84. The maximum atomic E-state index is 10.1. The fourth-order valence-corrected chi connectivity index (χ4v) is 1.60. The maximum absolute atomic E-state index is 10.1. The van der Waals surface area contributed by atoms with Crippen molar-refractivity contribution in [1.29, 1.82) is 0 Å². The first-order chi connectivity index (χ1) is 7.11. The number of nitrogens with zero attached hydrogens (tertiary/aromatic N) is 3. The molecule has 0 atom stereocenters. The van der Waals surface area contributed by atoms with Gasteiger partial charge < -0.3 is 9.80 Å². The molecule has 1 fully saturated rings. The zero-order valence-corrected chi connectivity index (χ0v) is 9.99. The molecule has 2 aliphatic heterocycles. The van der Waals surface area contributed by atoms with Gasteiger partial charge in [-0.3, -0.25) is 9.79 Å². The number of aliphatic imine (C=N–C) groups is 1. The van der Waals surface area contributed by atoms with Crippen LogP contribution in [-0.4, -0.2) is 55.3 Å². The molecule has 4 heteroatoms. The molecular weight excluding hydrogens is 190 g/mol. The molecule has 0 N–H and O–H groups in total. The van der Waals surface area contributed by atoms with Crippen LogP contribution in [0, 0.1) is 0 Å². The van der Waals surface area contributed by atoms with Crippen LogP contribution >= 0.6 is 0 Å². The lowest BCUT2D eigenvalue weighted by Crippen LogP contribution is -2.29. The number of hydrogen-bond donors (Lipinski definition) is 0. The average Bonchev–Trinajstić information content (AvgIpc) is 2.66. The maximum Gasteiger partial charge on any atom is 0.218 e. The Morgan fingerprint density at radius 1 is 1.33 bits per heavy atom. The first-order valence-corrected chi connectivity index (χ1v) is 5.57. The number of carbonyl (C=O) groups excluding carboxylic acids is 1. The largest absolute Gasteiger partial charge is 0.360 e. The van der Waals surface area contributed by atoms with E-state index in [0.717, 1.165) is 6.54 Å². The van der Waals surface area contributed by atoms with Gasteiger partial charge in [-0.05, 0) is 12.8 Å². The van der Waals surface area contributed by atoms with Gasteiger partial charge in [0.05, 0.1) is 5.84 Å². The van der Waals surface area contributed by atoms with Crippen molar-refractivity contribution >= 4 is 11.7 Å². The molecule has 2 aliphatic rings. The summed E-state index contributed by atoms with van der Waals surface area (Å²) in [6, 6.07) is 0. The van der Waals surface area contributed by atoms with Gasteiger partial charge in [0.15, 0.2) is 0 Å². The van der Waals surface area contributed by atoms with E-state index in [1.54, 1.807) is 14.1 Å². The van der Waals surface area contributed by atoms with Crippen LogP contribution < -0.4 is 0 Å². The molecule has 0 saturated carbocycles. The van der Waals surface area contributed by atoms with Crippen LogP contribution in [0.2, 0.25) is 0 Å². The second-order valence-electron chi connectivity index (χ2n) is 4.16. The van der Waals surface area contributed by atoms with Gasteiger partial charge in [-0.15, -0.1) is 0 Å². The van der Waals surface area contributed by atoms with Gasteiger partial charge in [0.1, 0.15) is 0 Å². The Kier molecular flexibility index (Phi) is 4.59. The third-order valence-corrected chi connectivity index (χ3v) is 2.70. The van der Waals surface area contributed by atoms with Crippen LogP contribution in [0.3, 0.4) is 0 Å². The summed E-state index contributed by atoms with van der Waals surface area (Å²) in [4.78, 5) is 18.5. The van der Waals surface area contributed by atoms with Gasteiger partial charge in [-0.2, -0.15) is 0 Å². The van der Waals surface area contributed by atoms with E-state index in [1.165, 1.54) is 50.0 Å². The van der Waals surface area contributed by atoms with Gasteiger partial charge in [-0.25, -0.2) is 0 Å². The summed E-state index contributed by atoms with van der Waals surface area (Å²) in [7, 11) is 3.45. The number of fused-ring (bicyclic) bond motifs is 1. The Bertz CT molecular complexity index is 248. The highest BCUT2D eigenvalue weighted by Crippen LogP contribution is 2.14. The number of amidine groups is 1. The third-order valence-electron chi connectivity index (χ3n) is 2.70. The molecule has 0 spiro atoms. The molecule has 1 saturated heterocycles. The molecule has 0 aromatic heterocycles. The molecule has 0 radical (unpaired) electrons. The fourth-order valence-electron chi connectivity index (χ4n) is 1.60. The summed E-state index contributed by atoms with van der Waals surface area (Å²) >= 11 is 0. The first-order valence-electron chi connectivity index (χ1n) is 5.57. The Labute approximate surface area is 92.0 Å². The van der Waals surface area contributed by atoms with Crippen molar-refractivity contribution in [2.75, 3.05) is 33.7 Å². The molecule has 2 heterocycles. The topological polar surface area (TPSA) is 35.9 Å². The summed E-state index contributed by atoms with van der Waals surface area (Å²) < 4.78 is 0. The van der Waals surface area contributed by atoms with Gasteiger partial charge in [0.2, 0.25) is 5.91 Å². The van der Waals surface area contributed by atoms with E-state index in [4.69, 9.17) is 0 Å². The smallest absolute Gasteiger partial charge is 0.218 e. The van der Waals surface area contributed by atoms with Gasteiger partial charge in [0, 0.05) is 47.1 Å². The molecule has 0 aliphatic carbocycles. The molecule has 2 rings (SSSR count). The van der Waals surface area contributed by atoms with E-state index >= 15 is 0 Å². The van der Waals surface area contributed by atoms with E-state index in [-0.39, 0.29) is 5.91 Å². The molecule has 86 valence electrons. The average molecular weight is 211 g/mol. The molecule has 0 aromatic rings. The Morgan fingerprint density at radius 2 is 1.93 bits per heavy atom. The van der Waals surface area contributed by atoms with Crippen LogP contribution in [0.15, 0.2) is 4.99 Å². The van der Waals surface area contributed by atoms with E-state index in [9.17, 15) is 4.79 Å². The number of hydrogen-bond acceptors (Lipinski definition) is 3. The molecular formula is C11H21N3O. The Balaban J connectivity index is 0.000000167. The molecule has 4 nitrogen and oxygen atoms in total. The van der Waals surface area contributed by atoms with E-state index < -0.39 is 0 Å². The lowest BCUT2D eigenvalue weighted by Gasteiger charge is -2.21. The monoisotopic (exact) mass is 211 g/mol. The highest BCUT2D eigenvalue weighted by Gasteiger charge is 2.19. The number of rotatable bonds is 0. The van der Waals surface area contributed by atoms with E-state index in [1.807, 2.05) is 0 Å². The Hall–Kier alpha value is -1.06. The molecule has 1 amide bonds. The van der Waals surface area contributed by atoms with Gasteiger partial charge in [-0.1, -0.05) is 0 Å². The first kappa shape index (κ1) is 12.0. The van der Waals surface area contributed by atoms with Crippen molar-refractivity contribution in [3.05, 3.63) is 0 Å².